The minimum atomic E-state index is -3.13. The molecule has 5 heteroatoms. The minimum absolute atomic E-state index is 0.133. The topological polar surface area (TPSA) is 66.4 Å². The highest BCUT2D eigenvalue weighted by molar-refractivity contribution is 7.90. The van der Waals surface area contributed by atoms with Gasteiger partial charge in [-0.1, -0.05) is 12.8 Å². The zero-order chi connectivity index (χ0) is 9.03. The molecule has 0 unspecified atom stereocenters. The summed E-state index contributed by atoms with van der Waals surface area (Å²) in [5, 5.41) is 8.23. The standard InChI is InChI=1S/C7H15NO3S/c9-6-5-8-12(10,11)7-3-1-2-4-7/h7-9H,1-6H2. The molecule has 0 aromatic carbocycles. The van der Waals surface area contributed by atoms with Gasteiger partial charge in [0.2, 0.25) is 10.0 Å². The third-order valence-corrected chi connectivity index (χ3v) is 4.11. The second-order valence-corrected chi connectivity index (χ2v) is 5.11. The average Bonchev–Trinajstić information content (AvgIpc) is 2.53. The van der Waals surface area contributed by atoms with Crippen molar-refractivity contribution in [3.05, 3.63) is 0 Å². The molecule has 2 N–H and O–H groups in total. The number of aliphatic hydroxyl groups excluding tert-OH is 1. The lowest BCUT2D eigenvalue weighted by molar-refractivity contribution is 0.300. The van der Waals surface area contributed by atoms with Gasteiger partial charge >= 0.3 is 0 Å². The summed E-state index contributed by atoms with van der Waals surface area (Å²) in [6.07, 6.45) is 3.54. The second-order valence-electron chi connectivity index (χ2n) is 3.07. The van der Waals surface area contributed by atoms with E-state index >= 15 is 0 Å². The first-order chi connectivity index (χ1) is 5.67. The molecular weight excluding hydrogens is 178 g/mol. The van der Waals surface area contributed by atoms with Crippen LogP contribution in [0.25, 0.3) is 0 Å². The summed E-state index contributed by atoms with van der Waals surface area (Å²) in [4.78, 5) is 0. The highest BCUT2D eigenvalue weighted by atomic mass is 32.2. The highest BCUT2D eigenvalue weighted by Crippen LogP contribution is 2.23. The molecule has 4 nitrogen and oxygen atoms in total. The average molecular weight is 193 g/mol. The maximum absolute atomic E-state index is 11.4. The molecule has 0 saturated heterocycles. The summed E-state index contributed by atoms with van der Waals surface area (Å²) in [6, 6.07) is 0. The molecule has 0 aromatic heterocycles. The van der Waals surface area contributed by atoms with Gasteiger partial charge in [0.1, 0.15) is 0 Å². The third kappa shape index (κ3) is 2.43. The molecule has 72 valence electrons. The van der Waals surface area contributed by atoms with Crippen LogP contribution in [0.3, 0.4) is 0 Å². The van der Waals surface area contributed by atoms with Crippen LogP contribution < -0.4 is 4.72 Å². The van der Waals surface area contributed by atoms with Gasteiger partial charge in [0, 0.05) is 6.54 Å². The Morgan fingerprint density at radius 3 is 2.42 bits per heavy atom. The zero-order valence-electron chi connectivity index (χ0n) is 6.99. The van der Waals surface area contributed by atoms with Crippen LogP contribution >= 0.6 is 0 Å². The predicted molar refractivity (Wildman–Crippen MR) is 46.3 cm³/mol. The Balaban J connectivity index is 2.46. The highest BCUT2D eigenvalue weighted by Gasteiger charge is 2.27. The maximum atomic E-state index is 11.4. The number of rotatable bonds is 4. The normalized spacial score (nSPS) is 20.1. The van der Waals surface area contributed by atoms with Gasteiger partial charge < -0.3 is 5.11 Å². The largest absolute Gasteiger partial charge is 0.395 e. The first-order valence-electron chi connectivity index (χ1n) is 4.26. The molecule has 1 rings (SSSR count). The lowest BCUT2D eigenvalue weighted by Gasteiger charge is -2.10. The van der Waals surface area contributed by atoms with Crippen LogP contribution in [0.15, 0.2) is 0 Å². The molecule has 0 aliphatic heterocycles. The first kappa shape index (κ1) is 9.95. The van der Waals surface area contributed by atoms with Crippen LogP contribution in [0, 0.1) is 0 Å². The van der Waals surface area contributed by atoms with Crippen LogP contribution in [-0.4, -0.2) is 31.9 Å². The Bertz CT molecular complexity index is 219. The molecule has 0 heterocycles. The lowest BCUT2D eigenvalue weighted by atomic mass is 10.4. The van der Waals surface area contributed by atoms with E-state index in [-0.39, 0.29) is 18.4 Å². The first-order valence-corrected chi connectivity index (χ1v) is 5.81. The molecule has 1 fully saturated rings. The van der Waals surface area contributed by atoms with Crippen molar-refractivity contribution in [3.8, 4) is 0 Å². The fraction of sp³-hybridized carbons (Fsp3) is 1.00. The summed E-state index contributed by atoms with van der Waals surface area (Å²) in [5.41, 5.74) is 0. The Labute approximate surface area is 73.0 Å². The van der Waals surface area contributed by atoms with E-state index in [9.17, 15) is 8.42 Å². The molecule has 0 aromatic rings. The number of sulfonamides is 1. The Kier molecular flexibility index (Phi) is 3.49. The van der Waals surface area contributed by atoms with Gasteiger partial charge in [-0.3, -0.25) is 0 Å². The quantitative estimate of drug-likeness (QED) is 0.652. The maximum Gasteiger partial charge on any atom is 0.214 e. The summed E-state index contributed by atoms with van der Waals surface area (Å²) < 4.78 is 25.1. The molecule has 1 aliphatic carbocycles. The van der Waals surface area contributed by atoms with Crippen LogP contribution in [-0.2, 0) is 10.0 Å². The van der Waals surface area contributed by atoms with Crippen LogP contribution in [0.4, 0.5) is 0 Å². The number of hydrogen-bond acceptors (Lipinski definition) is 3. The van der Waals surface area contributed by atoms with E-state index in [1.807, 2.05) is 0 Å². The smallest absolute Gasteiger partial charge is 0.214 e. The SMILES string of the molecule is O=S(=O)(NCCO)C1CCCC1. The van der Waals surface area contributed by atoms with Gasteiger partial charge in [0.25, 0.3) is 0 Å². The van der Waals surface area contributed by atoms with E-state index in [0.717, 1.165) is 25.7 Å². The van der Waals surface area contributed by atoms with Crippen molar-refractivity contribution in [3.63, 3.8) is 0 Å². The van der Waals surface area contributed by atoms with E-state index in [1.165, 1.54) is 0 Å². The van der Waals surface area contributed by atoms with E-state index in [1.54, 1.807) is 0 Å². The predicted octanol–water partition coefficient (Wildman–Crippen LogP) is -0.159. The van der Waals surface area contributed by atoms with Gasteiger partial charge in [-0.05, 0) is 12.8 Å². The summed E-state index contributed by atoms with van der Waals surface area (Å²) in [6.45, 7) is 0.00475. The van der Waals surface area contributed by atoms with Crippen molar-refractivity contribution in [2.75, 3.05) is 13.2 Å². The second kappa shape index (κ2) is 4.20. The number of aliphatic hydroxyl groups is 1. The number of hydrogen-bond donors (Lipinski definition) is 2. The van der Waals surface area contributed by atoms with Crippen molar-refractivity contribution < 1.29 is 13.5 Å². The third-order valence-electron chi connectivity index (χ3n) is 2.16. The summed E-state index contributed by atoms with van der Waals surface area (Å²) >= 11 is 0. The molecule has 0 bridgehead atoms. The summed E-state index contributed by atoms with van der Waals surface area (Å²) in [7, 11) is -3.13. The van der Waals surface area contributed by atoms with Crippen molar-refractivity contribution in [2.24, 2.45) is 0 Å². The van der Waals surface area contributed by atoms with E-state index in [4.69, 9.17) is 5.11 Å². The van der Waals surface area contributed by atoms with Crippen molar-refractivity contribution in [2.45, 2.75) is 30.9 Å². The van der Waals surface area contributed by atoms with Gasteiger partial charge in [-0.15, -0.1) is 0 Å². The fourth-order valence-corrected chi connectivity index (χ4v) is 3.07. The molecular formula is C7H15NO3S. The Hall–Kier alpha value is -0.130. The molecule has 1 saturated carbocycles. The minimum Gasteiger partial charge on any atom is -0.395 e. The molecule has 0 atom stereocenters. The van der Waals surface area contributed by atoms with Gasteiger partial charge in [-0.2, -0.15) is 0 Å². The van der Waals surface area contributed by atoms with Crippen molar-refractivity contribution in [1.29, 1.82) is 0 Å². The van der Waals surface area contributed by atoms with Gasteiger partial charge in [0.05, 0.1) is 11.9 Å². The molecule has 12 heavy (non-hydrogen) atoms. The lowest BCUT2D eigenvalue weighted by Crippen LogP contribution is -2.34. The monoisotopic (exact) mass is 193 g/mol. The van der Waals surface area contributed by atoms with Crippen LogP contribution in [0.1, 0.15) is 25.7 Å². The van der Waals surface area contributed by atoms with Crippen LogP contribution in [0.2, 0.25) is 0 Å². The van der Waals surface area contributed by atoms with Crippen LogP contribution in [0.5, 0.6) is 0 Å². The molecule has 0 radical (unpaired) electrons. The molecule has 0 spiro atoms. The van der Waals surface area contributed by atoms with Crippen molar-refractivity contribution in [1.82, 2.24) is 4.72 Å². The number of nitrogens with one attached hydrogen (secondary N) is 1. The Morgan fingerprint density at radius 2 is 1.92 bits per heavy atom. The summed E-state index contributed by atoms with van der Waals surface area (Å²) in [5.74, 6) is 0. The van der Waals surface area contributed by atoms with E-state index in [2.05, 4.69) is 4.72 Å². The molecule has 1 aliphatic rings. The van der Waals surface area contributed by atoms with Gasteiger partial charge in [0.15, 0.2) is 0 Å². The van der Waals surface area contributed by atoms with E-state index in [0.29, 0.717) is 0 Å². The fourth-order valence-electron chi connectivity index (χ4n) is 1.50. The van der Waals surface area contributed by atoms with Crippen molar-refractivity contribution >= 4 is 10.0 Å². The molecule has 0 amide bonds. The zero-order valence-corrected chi connectivity index (χ0v) is 7.81. The van der Waals surface area contributed by atoms with E-state index < -0.39 is 10.0 Å². The Morgan fingerprint density at radius 1 is 1.33 bits per heavy atom. The van der Waals surface area contributed by atoms with Gasteiger partial charge in [-0.25, -0.2) is 13.1 Å².